The van der Waals surface area contributed by atoms with Crippen molar-refractivity contribution >= 4 is 11.7 Å². The van der Waals surface area contributed by atoms with Crippen molar-refractivity contribution in [3.8, 4) is 0 Å². The Labute approximate surface area is 117 Å². The first kappa shape index (κ1) is 14.5. The average molecular weight is 278 g/mol. The SMILES string of the molecule is CCOC(=O)CN(Cc1cccc([N+](=O)[O-])c1)C1CC1. The third kappa shape index (κ3) is 4.03. The first-order valence-electron chi connectivity index (χ1n) is 6.73. The molecule has 0 saturated heterocycles. The molecule has 1 aliphatic rings. The second kappa shape index (κ2) is 6.47. The van der Waals surface area contributed by atoms with E-state index in [0.717, 1.165) is 18.4 Å². The number of rotatable bonds is 7. The molecule has 6 nitrogen and oxygen atoms in total. The van der Waals surface area contributed by atoms with Crippen molar-refractivity contribution in [2.24, 2.45) is 0 Å². The van der Waals surface area contributed by atoms with Crippen molar-refractivity contribution < 1.29 is 14.5 Å². The lowest BCUT2D eigenvalue weighted by Crippen LogP contribution is -2.32. The van der Waals surface area contributed by atoms with Crippen LogP contribution in [-0.4, -0.2) is 35.0 Å². The summed E-state index contributed by atoms with van der Waals surface area (Å²) in [5, 5.41) is 10.8. The fraction of sp³-hybridized carbons (Fsp3) is 0.500. The second-order valence-corrected chi connectivity index (χ2v) is 4.87. The summed E-state index contributed by atoms with van der Waals surface area (Å²) in [5.74, 6) is -0.246. The van der Waals surface area contributed by atoms with Crippen LogP contribution in [0.3, 0.4) is 0 Å². The third-order valence-corrected chi connectivity index (χ3v) is 3.21. The van der Waals surface area contributed by atoms with Gasteiger partial charge in [0, 0.05) is 24.7 Å². The standard InChI is InChI=1S/C14H18N2O4/c1-2-20-14(17)10-15(12-6-7-12)9-11-4-3-5-13(8-11)16(18)19/h3-5,8,12H,2,6-7,9-10H2,1H3. The topological polar surface area (TPSA) is 72.7 Å². The summed E-state index contributed by atoms with van der Waals surface area (Å²) in [6, 6.07) is 6.92. The van der Waals surface area contributed by atoms with Crippen LogP contribution in [0.4, 0.5) is 5.69 Å². The van der Waals surface area contributed by atoms with Crippen LogP contribution in [-0.2, 0) is 16.1 Å². The number of nitrogens with zero attached hydrogens (tertiary/aromatic N) is 2. The van der Waals surface area contributed by atoms with Gasteiger partial charge in [0.2, 0.25) is 0 Å². The summed E-state index contributed by atoms with van der Waals surface area (Å²) in [4.78, 5) is 24.0. The fourth-order valence-electron chi connectivity index (χ4n) is 2.13. The molecule has 0 aromatic heterocycles. The number of esters is 1. The van der Waals surface area contributed by atoms with Crippen LogP contribution in [0, 0.1) is 10.1 Å². The van der Waals surface area contributed by atoms with Gasteiger partial charge in [-0.25, -0.2) is 0 Å². The first-order chi connectivity index (χ1) is 9.60. The van der Waals surface area contributed by atoms with Gasteiger partial charge in [-0.2, -0.15) is 0 Å². The fourth-order valence-corrected chi connectivity index (χ4v) is 2.13. The molecule has 0 unspecified atom stereocenters. The number of benzene rings is 1. The number of nitro groups is 1. The Hall–Kier alpha value is -1.95. The van der Waals surface area contributed by atoms with Crippen molar-refractivity contribution in [3.63, 3.8) is 0 Å². The van der Waals surface area contributed by atoms with Gasteiger partial charge < -0.3 is 4.74 Å². The summed E-state index contributed by atoms with van der Waals surface area (Å²) < 4.78 is 4.96. The zero-order valence-electron chi connectivity index (χ0n) is 11.4. The average Bonchev–Trinajstić information content (AvgIpc) is 3.23. The summed E-state index contributed by atoms with van der Waals surface area (Å²) >= 11 is 0. The number of hydrogen-bond acceptors (Lipinski definition) is 5. The van der Waals surface area contributed by atoms with Crippen molar-refractivity contribution in [1.82, 2.24) is 4.90 Å². The lowest BCUT2D eigenvalue weighted by atomic mass is 10.2. The molecule has 20 heavy (non-hydrogen) atoms. The molecule has 1 aromatic rings. The molecule has 0 atom stereocenters. The largest absolute Gasteiger partial charge is 0.465 e. The molecule has 0 amide bonds. The molecule has 0 spiro atoms. The van der Waals surface area contributed by atoms with Crippen LogP contribution in [0.15, 0.2) is 24.3 Å². The Balaban J connectivity index is 2.02. The lowest BCUT2D eigenvalue weighted by molar-refractivity contribution is -0.384. The number of non-ortho nitro benzene ring substituents is 1. The highest BCUT2D eigenvalue weighted by atomic mass is 16.6. The van der Waals surface area contributed by atoms with Gasteiger partial charge in [0.05, 0.1) is 18.1 Å². The molecule has 0 aliphatic heterocycles. The van der Waals surface area contributed by atoms with Gasteiger partial charge in [-0.3, -0.25) is 19.8 Å². The maximum absolute atomic E-state index is 11.6. The summed E-state index contributed by atoms with van der Waals surface area (Å²) in [6.07, 6.45) is 2.13. The van der Waals surface area contributed by atoms with Crippen LogP contribution < -0.4 is 0 Å². The Morgan fingerprint density at radius 2 is 2.25 bits per heavy atom. The number of nitro benzene ring substituents is 1. The van der Waals surface area contributed by atoms with E-state index in [0.29, 0.717) is 19.2 Å². The van der Waals surface area contributed by atoms with Gasteiger partial charge >= 0.3 is 5.97 Å². The van der Waals surface area contributed by atoms with Gasteiger partial charge in [-0.15, -0.1) is 0 Å². The summed E-state index contributed by atoms with van der Waals surface area (Å²) in [6.45, 7) is 2.92. The quantitative estimate of drug-likeness (QED) is 0.434. The summed E-state index contributed by atoms with van der Waals surface area (Å²) in [5.41, 5.74) is 0.921. The Morgan fingerprint density at radius 3 is 2.85 bits per heavy atom. The lowest BCUT2D eigenvalue weighted by Gasteiger charge is -2.20. The van der Waals surface area contributed by atoms with Crippen LogP contribution in [0.1, 0.15) is 25.3 Å². The first-order valence-corrected chi connectivity index (χ1v) is 6.73. The molecule has 1 fully saturated rings. The smallest absolute Gasteiger partial charge is 0.320 e. The maximum Gasteiger partial charge on any atom is 0.320 e. The molecule has 108 valence electrons. The molecule has 0 bridgehead atoms. The highest BCUT2D eigenvalue weighted by Crippen LogP contribution is 2.28. The Bertz CT molecular complexity index is 500. The van der Waals surface area contributed by atoms with E-state index in [1.54, 1.807) is 19.1 Å². The predicted octanol–water partition coefficient (Wildman–Crippen LogP) is 2.12. The van der Waals surface area contributed by atoms with Gasteiger partial charge in [0.15, 0.2) is 0 Å². The number of carbonyl (C=O) groups excluding carboxylic acids is 1. The van der Waals surface area contributed by atoms with Crippen molar-refractivity contribution in [1.29, 1.82) is 0 Å². The minimum atomic E-state index is -0.406. The molecule has 1 aliphatic carbocycles. The zero-order chi connectivity index (χ0) is 14.5. The molecule has 1 aromatic carbocycles. The maximum atomic E-state index is 11.6. The minimum absolute atomic E-state index is 0.0781. The van der Waals surface area contributed by atoms with E-state index in [9.17, 15) is 14.9 Å². The van der Waals surface area contributed by atoms with Gasteiger partial charge in [-0.05, 0) is 25.3 Å². The van der Waals surface area contributed by atoms with Gasteiger partial charge in [0.25, 0.3) is 5.69 Å². The second-order valence-electron chi connectivity index (χ2n) is 4.87. The van der Waals surface area contributed by atoms with Crippen LogP contribution in [0.25, 0.3) is 0 Å². The van der Waals surface area contributed by atoms with Crippen molar-refractivity contribution in [3.05, 3.63) is 39.9 Å². The predicted molar refractivity (Wildman–Crippen MR) is 73.2 cm³/mol. The number of carbonyl (C=O) groups is 1. The monoisotopic (exact) mass is 278 g/mol. The van der Waals surface area contributed by atoms with Crippen molar-refractivity contribution in [2.45, 2.75) is 32.4 Å². The Morgan fingerprint density at radius 1 is 1.50 bits per heavy atom. The highest BCUT2D eigenvalue weighted by molar-refractivity contribution is 5.71. The normalized spacial score (nSPS) is 14.3. The zero-order valence-corrected chi connectivity index (χ0v) is 11.4. The number of hydrogen-bond donors (Lipinski definition) is 0. The van der Waals surface area contributed by atoms with Crippen LogP contribution >= 0.6 is 0 Å². The van der Waals surface area contributed by atoms with E-state index in [2.05, 4.69) is 0 Å². The minimum Gasteiger partial charge on any atom is -0.465 e. The summed E-state index contributed by atoms with van der Waals surface area (Å²) in [7, 11) is 0. The van der Waals surface area contributed by atoms with E-state index in [-0.39, 0.29) is 18.2 Å². The molecule has 2 rings (SSSR count). The van der Waals surface area contributed by atoms with E-state index in [1.807, 2.05) is 11.0 Å². The molecular weight excluding hydrogens is 260 g/mol. The van der Waals surface area contributed by atoms with E-state index in [1.165, 1.54) is 6.07 Å². The van der Waals surface area contributed by atoms with Gasteiger partial charge in [-0.1, -0.05) is 12.1 Å². The van der Waals surface area contributed by atoms with E-state index >= 15 is 0 Å². The van der Waals surface area contributed by atoms with Crippen molar-refractivity contribution in [2.75, 3.05) is 13.2 Å². The molecule has 1 saturated carbocycles. The molecule has 6 heteroatoms. The molecular formula is C14H18N2O4. The van der Waals surface area contributed by atoms with Gasteiger partial charge in [0.1, 0.15) is 0 Å². The highest BCUT2D eigenvalue weighted by Gasteiger charge is 2.30. The molecule has 0 heterocycles. The number of ether oxygens (including phenoxy) is 1. The molecule has 0 radical (unpaired) electrons. The van der Waals surface area contributed by atoms with Crippen LogP contribution in [0.5, 0.6) is 0 Å². The third-order valence-electron chi connectivity index (χ3n) is 3.21. The van der Waals surface area contributed by atoms with E-state index < -0.39 is 4.92 Å². The molecule has 0 N–H and O–H groups in total. The van der Waals surface area contributed by atoms with E-state index in [4.69, 9.17) is 4.74 Å². The van der Waals surface area contributed by atoms with Crippen LogP contribution in [0.2, 0.25) is 0 Å². The Kier molecular flexibility index (Phi) is 4.68.